The molecular formula is C14H17N3O2S. The van der Waals surface area contributed by atoms with Crippen molar-refractivity contribution in [3.8, 4) is 5.75 Å². The molecule has 6 heteroatoms. The number of hydrogen-bond acceptors (Lipinski definition) is 6. The Labute approximate surface area is 121 Å². The standard InChI is InChI=1S/C14H17N3O2S/c1-3-4-19-11-5-10(6-16-7-11)13(18)12-8-20-14(17-12)9(2)15/h5-9H,3-4,15H2,1-2H3. The summed E-state index contributed by atoms with van der Waals surface area (Å²) in [5.41, 5.74) is 6.62. The molecule has 0 aliphatic heterocycles. The van der Waals surface area contributed by atoms with Crippen LogP contribution in [-0.2, 0) is 0 Å². The van der Waals surface area contributed by atoms with Crippen molar-refractivity contribution in [2.45, 2.75) is 26.3 Å². The minimum absolute atomic E-state index is 0.164. The smallest absolute Gasteiger partial charge is 0.213 e. The molecule has 2 aromatic rings. The van der Waals surface area contributed by atoms with Crippen molar-refractivity contribution in [1.82, 2.24) is 9.97 Å². The summed E-state index contributed by atoms with van der Waals surface area (Å²) in [7, 11) is 0. The molecule has 0 saturated carbocycles. The molecule has 20 heavy (non-hydrogen) atoms. The van der Waals surface area contributed by atoms with E-state index >= 15 is 0 Å². The fourth-order valence-corrected chi connectivity index (χ4v) is 2.35. The van der Waals surface area contributed by atoms with E-state index in [0.29, 0.717) is 23.6 Å². The zero-order valence-electron chi connectivity index (χ0n) is 11.5. The third kappa shape index (κ3) is 3.40. The van der Waals surface area contributed by atoms with Crippen molar-refractivity contribution in [2.24, 2.45) is 5.73 Å². The second-order valence-electron chi connectivity index (χ2n) is 4.45. The van der Waals surface area contributed by atoms with Gasteiger partial charge in [-0.2, -0.15) is 0 Å². The van der Waals surface area contributed by atoms with Crippen LogP contribution < -0.4 is 10.5 Å². The molecule has 5 nitrogen and oxygen atoms in total. The number of rotatable bonds is 6. The molecule has 0 amide bonds. The normalized spacial score (nSPS) is 12.2. The molecule has 0 aliphatic rings. The topological polar surface area (TPSA) is 78.1 Å². The molecule has 2 heterocycles. The second-order valence-corrected chi connectivity index (χ2v) is 5.34. The van der Waals surface area contributed by atoms with Gasteiger partial charge in [0.1, 0.15) is 16.5 Å². The Balaban J connectivity index is 2.19. The summed E-state index contributed by atoms with van der Waals surface area (Å²) in [4.78, 5) is 20.6. The third-order valence-electron chi connectivity index (χ3n) is 2.59. The fraction of sp³-hybridized carbons (Fsp3) is 0.357. The first-order valence-electron chi connectivity index (χ1n) is 6.45. The van der Waals surface area contributed by atoms with E-state index in [1.807, 2.05) is 13.8 Å². The monoisotopic (exact) mass is 291 g/mol. The summed E-state index contributed by atoms with van der Waals surface area (Å²) >= 11 is 1.39. The highest BCUT2D eigenvalue weighted by molar-refractivity contribution is 7.09. The fourth-order valence-electron chi connectivity index (χ4n) is 1.59. The summed E-state index contributed by atoms with van der Waals surface area (Å²) in [6.07, 6.45) is 4.02. The zero-order chi connectivity index (χ0) is 14.5. The van der Waals surface area contributed by atoms with Gasteiger partial charge in [-0.05, 0) is 19.4 Å². The van der Waals surface area contributed by atoms with Crippen molar-refractivity contribution in [2.75, 3.05) is 6.61 Å². The van der Waals surface area contributed by atoms with Gasteiger partial charge >= 0.3 is 0 Å². The Kier molecular flexibility index (Phi) is 4.81. The van der Waals surface area contributed by atoms with Gasteiger partial charge in [0.25, 0.3) is 0 Å². The van der Waals surface area contributed by atoms with Crippen molar-refractivity contribution in [3.05, 3.63) is 40.1 Å². The average Bonchev–Trinajstić information content (AvgIpc) is 2.94. The van der Waals surface area contributed by atoms with Gasteiger partial charge in [-0.25, -0.2) is 4.98 Å². The summed E-state index contributed by atoms with van der Waals surface area (Å²) in [5, 5.41) is 2.47. The third-order valence-corrected chi connectivity index (χ3v) is 3.64. The van der Waals surface area contributed by atoms with E-state index in [4.69, 9.17) is 10.5 Å². The zero-order valence-corrected chi connectivity index (χ0v) is 12.3. The molecule has 0 radical (unpaired) electrons. The molecular weight excluding hydrogens is 274 g/mol. The second kappa shape index (κ2) is 6.58. The van der Waals surface area contributed by atoms with Gasteiger partial charge in [0.2, 0.25) is 5.78 Å². The highest BCUT2D eigenvalue weighted by Gasteiger charge is 2.15. The average molecular weight is 291 g/mol. The van der Waals surface area contributed by atoms with Gasteiger partial charge in [-0.3, -0.25) is 9.78 Å². The lowest BCUT2D eigenvalue weighted by Gasteiger charge is -2.05. The van der Waals surface area contributed by atoms with Gasteiger partial charge in [-0.15, -0.1) is 11.3 Å². The number of pyridine rings is 1. The van der Waals surface area contributed by atoms with Crippen LogP contribution in [0.2, 0.25) is 0 Å². The van der Waals surface area contributed by atoms with Gasteiger partial charge in [0.15, 0.2) is 0 Å². The molecule has 106 valence electrons. The summed E-state index contributed by atoms with van der Waals surface area (Å²) < 4.78 is 5.47. The Hall–Kier alpha value is -1.79. The Morgan fingerprint density at radius 3 is 2.95 bits per heavy atom. The maximum absolute atomic E-state index is 12.3. The van der Waals surface area contributed by atoms with E-state index in [0.717, 1.165) is 11.4 Å². The molecule has 0 bridgehead atoms. The highest BCUT2D eigenvalue weighted by Crippen LogP contribution is 2.20. The van der Waals surface area contributed by atoms with Crippen LogP contribution in [0.25, 0.3) is 0 Å². The predicted octanol–water partition coefficient (Wildman–Crippen LogP) is 2.58. The molecule has 2 rings (SSSR count). The highest BCUT2D eigenvalue weighted by atomic mass is 32.1. The van der Waals surface area contributed by atoms with Crippen LogP contribution >= 0.6 is 11.3 Å². The van der Waals surface area contributed by atoms with Crippen molar-refractivity contribution >= 4 is 17.1 Å². The number of thiazole rings is 1. The number of nitrogens with two attached hydrogens (primary N) is 1. The molecule has 2 aromatic heterocycles. The molecule has 0 fully saturated rings. The molecule has 0 aromatic carbocycles. The lowest BCUT2D eigenvalue weighted by molar-refractivity contribution is 0.103. The van der Waals surface area contributed by atoms with E-state index in [9.17, 15) is 4.79 Å². The van der Waals surface area contributed by atoms with Gasteiger partial charge in [0.05, 0.1) is 18.8 Å². The van der Waals surface area contributed by atoms with Crippen LogP contribution in [0.5, 0.6) is 5.75 Å². The Bertz CT molecular complexity index is 596. The maximum atomic E-state index is 12.3. The molecule has 0 saturated heterocycles. The first-order chi connectivity index (χ1) is 9.61. The lowest BCUT2D eigenvalue weighted by Crippen LogP contribution is -2.07. The van der Waals surface area contributed by atoms with Crippen LogP contribution in [-0.4, -0.2) is 22.4 Å². The van der Waals surface area contributed by atoms with E-state index in [1.54, 1.807) is 17.6 Å². The summed E-state index contributed by atoms with van der Waals surface area (Å²) in [6, 6.07) is 1.52. The summed E-state index contributed by atoms with van der Waals surface area (Å²) in [6.45, 7) is 4.46. The van der Waals surface area contributed by atoms with Crippen molar-refractivity contribution in [1.29, 1.82) is 0 Å². The van der Waals surface area contributed by atoms with Gasteiger partial charge < -0.3 is 10.5 Å². The number of ketones is 1. The van der Waals surface area contributed by atoms with Crippen molar-refractivity contribution in [3.63, 3.8) is 0 Å². The number of hydrogen-bond donors (Lipinski definition) is 1. The van der Waals surface area contributed by atoms with Gasteiger partial charge in [0, 0.05) is 17.1 Å². The first-order valence-corrected chi connectivity index (χ1v) is 7.33. The molecule has 0 aliphatic carbocycles. The van der Waals surface area contributed by atoms with Crippen LogP contribution in [0.1, 0.15) is 47.4 Å². The molecule has 1 unspecified atom stereocenters. The van der Waals surface area contributed by atoms with Crippen LogP contribution in [0.15, 0.2) is 23.8 Å². The Morgan fingerprint density at radius 1 is 1.50 bits per heavy atom. The minimum atomic E-state index is -0.168. The number of carbonyl (C=O) groups excluding carboxylic acids is 1. The Morgan fingerprint density at radius 2 is 2.30 bits per heavy atom. The predicted molar refractivity (Wildman–Crippen MR) is 78.2 cm³/mol. The number of aromatic nitrogens is 2. The number of carbonyl (C=O) groups is 1. The minimum Gasteiger partial charge on any atom is -0.492 e. The van der Waals surface area contributed by atoms with E-state index in [1.165, 1.54) is 17.5 Å². The maximum Gasteiger partial charge on any atom is 0.213 e. The van der Waals surface area contributed by atoms with Crippen LogP contribution in [0, 0.1) is 0 Å². The van der Waals surface area contributed by atoms with E-state index in [-0.39, 0.29) is 11.8 Å². The lowest BCUT2D eigenvalue weighted by atomic mass is 10.1. The molecule has 0 spiro atoms. The first kappa shape index (κ1) is 14.6. The largest absolute Gasteiger partial charge is 0.492 e. The number of nitrogens with zero attached hydrogens (tertiary/aromatic N) is 2. The van der Waals surface area contributed by atoms with Gasteiger partial charge in [-0.1, -0.05) is 6.92 Å². The SMILES string of the molecule is CCCOc1cncc(C(=O)c2csc(C(C)N)n2)c1. The quantitative estimate of drug-likeness (QED) is 0.828. The van der Waals surface area contributed by atoms with E-state index < -0.39 is 0 Å². The van der Waals surface area contributed by atoms with Crippen LogP contribution in [0.3, 0.4) is 0 Å². The summed E-state index contributed by atoms with van der Waals surface area (Å²) in [5.74, 6) is 0.433. The van der Waals surface area contributed by atoms with E-state index in [2.05, 4.69) is 9.97 Å². The van der Waals surface area contributed by atoms with Crippen molar-refractivity contribution < 1.29 is 9.53 Å². The molecule has 1 atom stereocenters. The number of ether oxygens (including phenoxy) is 1. The van der Waals surface area contributed by atoms with Crippen LogP contribution in [0.4, 0.5) is 0 Å². The molecule has 2 N–H and O–H groups in total.